The molecule has 0 aromatic heterocycles. The summed E-state index contributed by atoms with van der Waals surface area (Å²) in [5.74, 6) is -0.701. The minimum Gasteiger partial charge on any atom is -0.394 e. The van der Waals surface area contributed by atoms with E-state index in [1.807, 2.05) is 0 Å². The molecule has 0 aromatic rings. The number of hydrogen-bond donors (Lipinski definition) is 8. The van der Waals surface area contributed by atoms with Crippen LogP contribution in [0, 0.1) is 0 Å². The smallest absolute Gasteiger partial charge is 0.249 e. The molecule has 47 heavy (non-hydrogen) atoms. The van der Waals surface area contributed by atoms with E-state index < -0.39 is 74.2 Å². The molecule has 9 unspecified atom stereocenters. The molecule has 0 radical (unpaired) electrons. The minimum absolute atomic E-state index is 0.263. The molecule has 1 heterocycles. The van der Waals surface area contributed by atoms with Crippen LogP contribution in [0.4, 0.5) is 0 Å². The number of amides is 1. The highest BCUT2D eigenvalue weighted by atomic mass is 16.7. The summed E-state index contributed by atoms with van der Waals surface area (Å²) < 4.78 is 11.0. The summed E-state index contributed by atoms with van der Waals surface area (Å²) >= 11 is 0. The Labute approximate surface area is 284 Å². The van der Waals surface area contributed by atoms with Crippen LogP contribution in [-0.4, -0.2) is 110 Å². The number of carbonyl (C=O) groups is 1. The lowest BCUT2D eigenvalue weighted by molar-refractivity contribution is -0.303. The Kier molecular flexibility index (Phi) is 26.2. The number of unbranched alkanes of at least 4 members (excludes halogenated alkanes) is 18. The third-order valence-electron chi connectivity index (χ3n) is 9.41. The van der Waals surface area contributed by atoms with Crippen LogP contribution < -0.4 is 5.32 Å². The summed E-state index contributed by atoms with van der Waals surface area (Å²) in [5, 5.41) is 75.0. The highest BCUT2D eigenvalue weighted by Crippen LogP contribution is 2.23. The molecular weight excluding hydrogens is 606 g/mol. The lowest BCUT2D eigenvalue weighted by Crippen LogP contribution is -2.60. The van der Waals surface area contributed by atoms with Gasteiger partial charge < -0.3 is 50.5 Å². The van der Waals surface area contributed by atoms with Crippen molar-refractivity contribution in [3.8, 4) is 0 Å². The van der Waals surface area contributed by atoms with E-state index in [0.29, 0.717) is 19.3 Å². The fraction of sp³-hybridized carbons (Fsp3) is 0.972. The molecule has 0 aromatic carbocycles. The SMILES string of the molecule is CCCCCCCCCCCCCC(O)C(O)C(COC1OC(CO)C(O)C(O)C1O)NC(=O)C(O)CCCCCCCCCCC. The van der Waals surface area contributed by atoms with Gasteiger partial charge in [-0.25, -0.2) is 0 Å². The molecule has 1 saturated heterocycles. The molecule has 0 spiro atoms. The zero-order chi connectivity index (χ0) is 34.9. The molecule has 1 aliphatic heterocycles. The van der Waals surface area contributed by atoms with Crippen molar-refractivity contribution in [1.82, 2.24) is 5.32 Å². The predicted molar refractivity (Wildman–Crippen MR) is 183 cm³/mol. The van der Waals surface area contributed by atoms with Crippen LogP contribution in [0.1, 0.15) is 155 Å². The first-order chi connectivity index (χ1) is 22.7. The van der Waals surface area contributed by atoms with Gasteiger partial charge in [0, 0.05) is 0 Å². The van der Waals surface area contributed by atoms with Crippen LogP contribution in [-0.2, 0) is 14.3 Å². The van der Waals surface area contributed by atoms with E-state index in [2.05, 4.69) is 19.2 Å². The number of hydrogen-bond acceptors (Lipinski definition) is 10. The third-order valence-corrected chi connectivity index (χ3v) is 9.41. The topological polar surface area (TPSA) is 189 Å². The average Bonchev–Trinajstić information content (AvgIpc) is 3.07. The number of rotatable bonds is 30. The first-order valence-corrected chi connectivity index (χ1v) is 18.9. The van der Waals surface area contributed by atoms with Crippen LogP contribution in [0.2, 0.25) is 0 Å². The summed E-state index contributed by atoms with van der Waals surface area (Å²) in [6, 6.07) is -1.16. The molecule has 1 aliphatic rings. The van der Waals surface area contributed by atoms with E-state index in [-0.39, 0.29) is 6.42 Å². The van der Waals surface area contributed by atoms with E-state index in [1.54, 1.807) is 0 Å². The molecule has 11 nitrogen and oxygen atoms in total. The van der Waals surface area contributed by atoms with Gasteiger partial charge in [-0.05, 0) is 12.8 Å². The molecule has 1 rings (SSSR count). The zero-order valence-electron chi connectivity index (χ0n) is 29.5. The summed E-state index contributed by atoms with van der Waals surface area (Å²) in [7, 11) is 0. The van der Waals surface area contributed by atoms with Gasteiger partial charge in [-0.2, -0.15) is 0 Å². The zero-order valence-corrected chi connectivity index (χ0v) is 29.5. The third kappa shape index (κ3) is 19.2. The first-order valence-electron chi connectivity index (χ1n) is 18.9. The van der Waals surface area contributed by atoms with Gasteiger partial charge >= 0.3 is 0 Å². The van der Waals surface area contributed by atoms with Crippen LogP contribution >= 0.6 is 0 Å². The maximum absolute atomic E-state index is 12.9. The second-order valence-electron chi connectivity index (χ2n) is 13.7. The van der Waals surface area contributed by atoms with Gasteiger partial charge in [-0.1, -0.05) is 142 Å². The van der Waals surface area contributed by atoms with E-state index in [0.717, 1.165) is 38.5 Å². The minimum atomic E-state index is -1.65. The fourth-order valence-corrected chi connectivity index (χ4v) is 6.14. The quantitative estimate of drug-likeness (QED) is 0.0516. The van der Waals surface area contributed by atoms with Crippen molar-refractivity contribution in [2.75, 3.05) is 13.2 Å². The van der Waals surface area contributed by atoms with Crippen molar-refractivity contribution in [2.45, 2.75) is 210 Å². The Morgan fingerprint density at radius 2 is 1.11 bits per heavy atom. The molecule has 280 valence electrons. The standard InChI is InChI=1S/C36H71NO10/c1-3-5-7-9-11-13-14-16-17-19-21-23-28(39)31(41)27(26-46-36-34(44)33(43)32(42)30(25-38)47-36)37-35(45)29(40)24-22-20-18-15-12-10-8-6-4-2/h27-34,36,38-44H,3-26H2,1-2H3,(H,37,45). The normalized spacial score (nSPS) is 24.1. The molecular formula is C36H71NO10. The van der Waals surface area contributed by atoms with Crippen LogP contribution in [0.3, 0.4) is 0 Å². The van der Waals surface area contributed by atoms with Gasteiger partial charge in [0.05, 0.1) is 25.4 Å². The second-order valence-corrected chi connectivity index (χ2v) is 13.7. The number of aliphatic hydroxyl groups excluding tert-OH is 7. The summed E-state index contributed by atoms with van der Waals surface area (Å²) in [6.07, 6.45) is 11.8. The van der Waals surface area contributed by atoms with Gasteiger partial charge in [-0.15, -0.1) is 0 Å². The summed E-state index contributed by atoms with van der Waals surface area (Å²) in [4.78, 5) is 12.9. The van der Waals surface area contributed by atoms with Crippen molar-refractivity contribution in [3.63, 3.8) is 0 Å². The monoisotopic (exact) mass is 678 g/mol. The molecule has 9 atom stereocenters. The molecule has 1 fully saturated rings. The van der Waals surface area contributed by atoms with Crippen molar-refractivity contribution in [1.29, 1.82) is 0 Å². The van der Waals surface area contributed by atoms with Gasteiger partial charge in [0.1, 0.15) is 36.6 Å². The van der Waals surface area contributed by atoms with Crippen LogP contribution in [0.25, 0.3) is 0 Å². The lowest BCUT2D eigenvalue weighted by Gasteiger charge is -2.40. The maximum atomic E-state index is 12.9. The predicted octanol–water partition coefficient (Wildman–Crippen LogP) is 3.99. The largest absolute Gasteiger partial charge is 0.394 e. The Balaban J connectivity index is 2.60. The van der Waals surface area contributed by atoms with E-state index in [9.17, 15) is 40.5 Å². The van der Waals surface area contributed by atoms with Crippen LogP contribution in [0.15, 0.2) is 0 Å². The van der Waals surface area contributed by atoms with Gasteiger partial charge in [-0.3, -0.25) is 4.79 Å². The molecule has 1 amide bonds. The van der Waals surface area contributed by atoms with Crippen molar-refractivity contribution >= 4 is 5.91 Å². The highest BCUT2D eigenvalue weighted by Gasteiger charge is 2.44. The molecule has 0 saturated carbocycles. The summed E-state index contributed by atoms with van der Waals surface area (Å²) in [5.41, 5.74) is 0. The molecule has 11 heteroatoms. The van der Waals surface area contributed by atoms with Gasteiger partial charge in [0.2, 0.25) is 5.91 Å². The Hall–Kier alpha value is -0.890. The summed E-state index contributed by atoms with van der Waals surface area (Å²) in [6.45, 7) is 3.36. The number of nitrogens with one attached hydrogen (secondary N) is 1. The molecule has 0 aliphatic carbocycles. The highest BCUT2D eigenvalue weighted by molar-refractivity contribution is 5.80. The maximum Gasteiger partial charge on any atom is 0.249 e. The number of carbonyl (C=O) groups excluding carboxylic acids is 1. The van der Waals surface area contributed by atoms with Crippen LogP contribution in [0.5, 0.6) is 0 Å². The Morgan fingerprint density at radius 1 is 0.660 bits per heavy atom. The number of aliphatic hydroxyl groups is 7. The van der Waals surface area contributed by atoms with Crippen molar-refractivity contribution < 1.29 is 50.0 Å². The lowest BCUT2D eigenvalue weighted by atomic mass is 9.98. The number of ether oxygens (including phenoxy) is 2. The first kappa shape index (κ1) is 44.1. The molecule has 8 N–H and O–H groups in total. The van der Waals surface area contributed by atoms with Crippen molar-refractivity contribution in [3.05, 3.63) is 0 Å². The second kappa shape index (κ2) is 27.9. The average molecular weight is 678 g/mol. The fourth-order valence-electron chi connectivity index (χ4n) is 6.14. The van der Waals surface area contributed by atoms with E-state index in [1.165, 1.54) is 77.0 Å². The van der Waals surface area contributed by atoms with E-state index in [4.69, 9.17) is 9.47 Å². The Bertz CT molecular complexity index is 745. The van der Waals surface area contributed by atoms with E-state index >= 15 is 0 Å². The van der Waals surface area contributed by atoms with Gasteiger partial charge in [0.25, 0.3) is 0 Å². The van der Waals surface area contributed by atoms with Gasteiger partial charge in [0.15, 0.2) is 6.29 Å². The Morgan fingerprint density at radius 3 is 1.57 bits per heavy atom. The molecule has 0 bridgehead atoms. The van der Waals surface area contributed by atoms with Crippen molar-refractivity contribution in [2.24, 2.45) is 0 Å².